The molecule has 0 aliphatic rings. The van der Waals surface area contributed by atoms with Crippen molar-refractivity contribution in [3.63, 3.8) is 0 Å². The molecule has 4 aromatic rings. The maximum atomic E-state index is 13.1. The summed E-state index contributed by atoms with van der Waals surface area (Å²) in [5.74, 6) is 0.138. The van der Waals surface area contributed by atoms with Crippen LogP contribution in [0.1, 0.15) is 26.5 Å². The molecule has 3 aromatic carbocycles. The van der Waals surface area contributed by atoms with Crippen molar-refractivity contribution in [1.82, 2.24) is 5.32 Å². The molecule has 1 aromatic heterocycles. The first-order valence-corrected chi connectivity index (χ1v) is 12.3. The van der Waals surface area contributed by atoms with Crippen molar-refractivity contribution in [1.29, 1.82) is 0 Å². The predicted octanol–water partition coefficient (Wildman–Crippen LogP) is 5.67. The smallest absolute Gasteiger partial charge is 0.272 e. The summed E-state index contributed by atoms with van der Waals surface area (Å²) in [5.41, 5.74) is 1.47. The van der Waals surface area contributed by atoms with Crippen molar-refractivity contribution >= 4 is 41.1 Å². The van der Waals surface area contributed by atoms with Gasteiger partial charge in [-0.15, -0.1) is 11.8 Å². The van der Waals surface area contributed by atoms with Gasteiger partial charge in [0.2, 0.25) is 0 Å². The standard InChI is InChI=1S/C29H24N2O5S/c1-35-27-15-6-5-14-24(27)26(32)19-37-23-13-7-11-21(17-23)30-29(34)25(18-22-12-8-16-36-22)31-28(33)20-9-3-2-4-10-20/h2-18H,19H2,1H3,(H,30,34)(H,31,33)/b25-18-. The van der Waals surface area contributed by atoms with Gasteiger partial charge in [-0.3, -0.25) is 14.4 Å². The highest BCUT2D eigenvalue weighted by Crippen LogP contribution is 2.25. The number of para-hydroxylation sites is 1. The quantitative estimate of drug-likeness (QED) is 0.161. The Morgan fingerprint density at radius 1 is 0.919 bits per heavy atom. The number of amides is 2. The number of nitrogens with one attached hydrogen (secondary N) is 2. The van der Waals surface area contributed by atoms with Crippen LogP contribution in [0.5, 0.6) is 5.75 Å². The largest absolute Gasteiger partial charge is 0.496 e. The second kappa shape index (κ2) is 12.4. The molecule has 8 heteroatoms. The van der Waals surface area contributed by atoms with E-state index in [9.17, 15) is 14.4 Å². The second-order valence-corrected chi connectivity index (χ2v) is 8.84. The van der Waals surface area contributed by atoms with Crippen LogP contribution in [-0.4, -0.2) is 30.5 Å². The maximum Gasteiger partial charge on any atom is 0.272 e. The molecule has 0 saturated carbocycles. The van der Waals surface area contributed by atoms with Crippen LogP contribution in [0.4, 0.5) is 5.69 Å². The van der Waals surface area contributed by atoms with E-state index in [1.54, 1.807) is 78.9 Å². The molecule has 0 spiro atoms. The third kappa shape index (κ3) is 6.99. The Labute approximate surface area is 218 Å². The number of furan rings is 1. The molecule has 0 aliphatic carbocycles. The summed E-state index contributed by atoms with van der Waals surface area (Å²) < 4.78 is 10.6. The highest BCUT2D eigenvalue weighted by Gasteiger charge is 2.16. The minimum atomic E-state index is -0.520. The maximum absolute atomic E-state index is 13.1. The number of carbonyl (C=O) groups is 3. The van der Waals surface area contributed by atoms with Crippen LogP contribution < -0.4 is 15.4 Å². The van der Waals surface area contributed by atoms with Crippen molar-refractivity contribution < 1.29 is 23.5 Å². The Bertz CT molecular complexity index is 1420. The molecule has 186 valence electrons. The van der Waals surface area contributed by atoms with Gasteiger partial charge < -0.3 is 19.8 Å². The van der Waals surface area contributed by atoms with Crippen molar-refractivity contribution in [3.05, 3.63) is 120 Å². The molecule has 0 unspecified atom stereocenters. The topological polar surface area (TPSA) is 97.6 Å². The summed E-state index contributed by atoms with van der Waals surface area (Å²) in [6, 6.07) is 26.2. The first-order chi connectivity index (χ1) is 18.0. The third-order valence-corrected chi connectivity index (χ3v) is 6.22. The summed E-state index contributed by atoms with van der Waals surface area (Å²) in [7, 11) is 1.53. The Morgan fingerprint density at radius 2 is 1.70 bits per heavy atom. The fourth-order valence-electron chi connectivity index (χ4n) is 3.42. The van der Waals surface area contributed by atoms with Crippen LogP contribution in [0.25, 0.3) is 6.08 Å². The number of ketones is 1. The Hall–Kier alpha value is -4.56. The van der Waals surface area contributed by atoms with Crippen molar-refractivity contribution in [2.24, 2.45) is 0 Å². The van der Waals surface area contributed by atoms with Gasteiger partial charge in [0.1, 0.15) is 17.2 Å². The van der Waals surface area contributed by atoms with Crippen molar-refractivity contribution in [3.8, 4) is 5.75 Å². The van der Waals surface area contributed by atoms with Crippen LogP contribution in [0.2, 0.25) is 0 Å². The molecule has 0 fully saturated rings. The van der Waals surface area contributed by atoms with E-state index in [1.165, 1.54) is 31.2 Å². The van der Waals surface area contributed by atoms with Crippen LogP contribution in [-0.2, 0) is 4.79 Å². The molecule has 4 rings (SSSR count). The van der Waals surface area contributed by atoms with Crippen LogP contribution in [0.3, 0.4) is 0 Å². The van der Waals surface area contributed by atoms with E-state index < -0.39 is 11.8 Å². The van der Waals surface area contributed by atoms with Crippen molar-refractivity contribution in [2.75, 3.05) is 18.2 Å². The van der Waals surface area contributed by atoms with E-state index in [2.05, 4.69) is 10.6 Å². The number of benzene rings is 3. The molecule has 0 bridgehead atoms. The summed E-state index contributed by atoms with van der Waals surface area (Å²) in [4.78, 5) is 39.3. The third-order valence-electron chi connectivity index (χ3n) is 5.23. The van der Waals surface area contributed by atoms with Crippen LogP contribution >= 0.6 is 11.8 Å². The average molecular weight is 513 g/mol. The number of hydrogen-bond donors (Lipinski definition) is 2. The fourth-order valence-corrected chi connectivity index (χ4v) is 4.26. The zero-order chi connectivity index (χ0) is 26.0. The van der Waals surface area contributed by atoms with Gasteiger partial charge >= 0.3 is 0 Å². The van der Waals surface area contributed by atoms with E-state index in [0.717, 1.165) is 4.90 Å². The van der Waals surface area contributed by atoms with E-state index in [1.807, 2.05) is 12.1 Å². The van der Waals surface area contributed by atoms with Crippen molar-refractivity contribution in [2.45, 2.75) is 4.90 Å². The summed E-state index contributed by atoms with van der Waals surface area (Å²) in [6.45, 7) is 0. The molecular formula is C29H24N2O5S. The predicted molar refractivity (Wildman–Crippen MR) is 144 cm³/mol. The number of ether oxygens (including phenoxy) is 1. The van der Waals surface area contributed by atoms with E-state index in [0.29, 0.717) is 28.3 Å². The minimum Gasteiger partial charge on any atom is -0.496 e. The van der Waals surface area contributed by atoms with Gasteiger partial charge in [-0.1, -0.05) is 36.4 Å². The number of rotatable bonds is 10. The van der Waals surface area contributed by atoms with E-state index in [-0.39, 0.29) is 17.2 Å². The molecule has 2 amide bonds. The first kappa shape index (κ1) is 25.5. The summed E-state index contributed by atoms with van der Waals surface area (Å²) >= 11 is 1.35. The number of thioether (sulfide) groups is 1. The Morgan fingerprint density at radius 3 is 2.46 bits per heavy atom. The fraction of sp³-hybridized carbons (Fsp3) is 0.0690. The molecular weight excluding hydrogens is 488 g/mol. The SMILES string of the molecule is COc1ccccc1C(=O)CSc1cccc(NC(=O)/C(=C/c2ccco2)NC(=O)c2ccccc2)c1. The van der Waals surface area contributed by atoms with Gasteiger partial charge in [0, 0.05) is 22.2 Å². The molecule has 0 radical (unpaired) electrons. The lowest BCUT2D eigenvalue weighted by molar-refractivity contribution is -0.113. The lowest BCUT2D eigenvalue weighted by Crippen LogP contribution is -2.30. The number of anilines is 1. The second-order valence-electron chi connectivity index (χ2n) is 7.79. The lowest BCUT2D eigenvalue weighted by atomic mass is 10.1. The minimum absolute atomic E-state index is 0.0215. The summed E-state index contributed by atoms with van der Waals surface area (Å²) in [6.07, 6.45) is 2.94. The molecule has 0 aliphatic heterocycles. The van der Waals surface area contributed by atoms with Gasteiger partial charge in [0.05, 0.1) is 24.7 Å². The zero-order valence-electron chi connectivity index (χ0n) is 20.0. The Balaban J connectivity index is 1.45. The van der Waals surface area contributed by atoms with Gasteiger partial charge in [0.25, 0.3) is 11.8 Å². The normalized spacial score (nSPS) is 11.0. The molecule has 1 heterocycles. The molecule has 7 nitrogen and oxygen atoms in total. The van der Waals surface area contributed by atoms with Gasteiger partial charge in [-0.2, -0.15) is 0 Å². The summed E-state index contributed by atoms with van der Waals surface area (Å²) in [5, 5.41) is 5.47. The van der Waals surface area contributed by atoms with Gasteiger partial charge in [0.15, 0.2) is 5.78 Å². The molecule has 0 atom stereocenters. The van der Waals surface area contributed by atoms with Crippen LogP contribution in [0.15, 0.2) is 112 Å². The molecule has 37 heavy (non-hydrogen) atoms. The number of methoxy groups -OCH3 is 1. The highest BCUT2D eigenvalue weighted by molar-refractivity contribution is 8.00. The van der Waals surface area contributed by atoms with Crippen LogP contribution in [0, 0.1) is 0 Å². The lowest BCUT2D eigenvalue weighted by Gasteiger charge is -2.12. The van der Waals surface area contributed by atoms with E-state index in [4.69, 9.17) is 9.15 Å². The number of carbonyl (C=O) groups excluding carboxylic acids is 3. The van der Waals surface area contributed by atoms with E-state index >= 15 is 0 Å². The number of Topliss-reactive ketones (excluding diaryl/α,β-unsaturated/α-hetero) is 1. The monoisotopic (exact) mass is 512 g/mol. The molecule has 0 saturated heterocycles. The highest BCUT2D eigenvalue weighted by atomic mass is 32.2. The molecule has 2 N–H and O–H groups in total. The Kier molecular flexibility index (Phi) is 8.57. The zero-order valence-corrected chi connectivity index (χ0v) is 20.8. The van der Waals surface area contributed by atoms with Gasteiger partial charge in [-0.25, -0.2) is 0 Å². The van der Waals surface area contributed by atoms with Gasteiger partial charge in [-0.05, 0) is 54.6 Å². The first-order valence-electron chi connectivity index (χ1n) is 11.4. The average Bonchev–Trinajstić information content (AvgIpc) is 3.45. The number of hydrogen-bond acceptors (Lipinski definition) is 6.